The topological polar surface area (TPSA) is 82.2 Å². The Hall–Kier alpha value is -2.46. The van der Waals surface area contributed by atoms with E-state index in [2.05, 4.69) is 0 Å². The number of primary amides is 1. The molecule has 1 aromatic heterocycles. The molecule has 0 aliphatic carbocycles. The summed E-state index contributed by atoms with van der Waals surface area (Å²) >= 11 is 5.98. The maximum Gasteiger partial charge on any atom is 0.286 e. The van der Waals surface area contributed by atoms with E-state index in [1.54, 1.807) is 12.1 Å². The molecule has 0 atom stereocenters. The molecule has 1 heterocycles. The molecule has 1 amide bonds. The molecule has 0 aliphatic rings. The van der Waals surface area contributed by atoms with Gasteiger partial charge in [0.1, 0.15) is 5.58 Å². The minimum Gasteiger partial charge on any atom is -0.449 e. The van der Waals surface area contributed by atoms with Crippen LogP contribution in [0.1, 0.15) is 10.6 Å². The number of nitrogens with two attached hydrogens (primary N) is 2. The Balaban J connectivity index is 2.18. The zero-order valence-electron chi connectivity index (χ0n) is 10.4. The van der Waals surface area contributed by atoms with Gasteiger partial charge in [-0.15, -0.1) is 0 Å². The fourth-order valence-corrected chi connectivity index (χ4v) is 2.34. The number of carbonyl (C=O) groups excluding carboxylic acids is 1. The Morgan fingerprint density at radius 2 is 1.85 bits per heavy atom. The maximum absolute atomic E-state index is 11.2. The van der Waals surface area contributed by atoms with Crippen LogP contribution in [0.25, 0.3) is 22.1 Å². The number of hydrogen-bond donors (Lipinski definition) is 2. The highest BCUT2D eigenvalue weighted by Gasteiger charge is 2.16. The maximum atomic E-state index is 11.2. The number of fused-ring (bicyclic) bond motifs is 1. The van der Waals surface area contributed by atoms with Crippen molar-refractivity contribution in [2.24, 2.45) is 5.73 Å². The lowest BCUT2D eigenvalue weighted by Gasteiger charge is -2.02. The van der Waals surface area contributed by atoms with Crippen LogP contribution < -0.4 is 11.5 Å². The first-order chi connectivity index (χ1) is 9.56. The van der Waals surface area contributed by atoms with Crippen LogP contribution in [0, 0.1) is 0 Å². The average molecular weight is 287 g/mol. The molecule has 3 rings (SSSR count). The van der Waals surface area contributed by atoms with Gasteiger partial charge in [-0.25, -0.2) is 0 Å². The smallest absolute Gasteiger partial charge is 0.286 e. The highest BCUT2D eigenvalue weighted by molar-refractivity contribution is 6.30. The van der Waals surface area contributed by atoms with E-state index >= 15 is 0 Å². The van der Waals surface area contributed by atoms with E-state index in [4.69, 9.17) is 27.5 Å². The number of rotatable bonds is 2. The van der Waals surface area contributed by atoms with Crippen molar-refractivity contribution in [1.82, 2.24) is 0 Å². The third kappa shape index (κ3) is 2.00. The van der Waals surface area contributed by atoms with Crippen LogP contribution >= 0.6 is 11.6 Å². The van der Waals surface area contributed by atoms with Gasteiger partial charge in [-0.05, 0) is 35.4 Å². The summed E-state index contributed by atoms with van der Waals surface area (Å²) in [7, 11) is 0. The summed E-state index contributed by atoms with van der Waals surface area (Å²) in [5, 5.41) is 1.32. The predicted molar refractivity (Wildman–Crippen MR) is 79.6 cm³/mol. The largest absolute Gasteiger partial charge is 0.449 e. The molecular formula is C15H11ClN2O2. The molecule has 0 fully saturated rings. The fraction of sp³-hybridized carbons (Fsp3) is 0. The molecule has 0 aliphatic heterocycles. The molecule has 0 bridgehead atoms. The van der Waals surface area contributed by atoms with Crippen molar-refractivity contribution >= 4 is 34.2 Å². The number of nitrogen functional groups attached to an aromatic ring is 1. The number of carbonyl (C=O) groups is 1. The molecule has 3 aromatic rings. The van der Waals surface area contributed by atoms with Gasteiger partial charge in [0.2, 0.25) is 5.76 Å². The number of benzene rings is 2. The van der Waals surface area contributed by atoms with Gasteiger partial charge < -0.3 is 15.9 Å². The van der Waals surface area contributed by atoms with E-state index in [-0.39, 0.29) is 11.4 Å². The summed E-state index contributed by atoms with van der Waals surface area (Å²) in [4.78, 5) is 11.2. The molecule has 0 radical (unpaired) electrons. The van der Waals surface area contributed by atoms with Crippen molar-refractivity contribution in [2.75, 3.05) is 5.73 Å². The minimum atomic E-state index is -0.678. The molecule has 0 unspecified atom stereocenters. The molecule has 100 valence electrons. The van der Waals surface area contributed by atoms with Crippen molar-refractivity contribution in [2.45, 2.75) is 0 Å². The summed E-state index contributed by atoms with van der Waals surface area (Å²) in [6.07, 6.45) is 0. The Labute approximate surface area is 119 Å². The van der Waals surface area contributed by atoms with Gasteiger partial charge in [0.15, 0.2) is 0 Å². The highest BCUT2D eigenvalue weighted by Crippen LogP contribution is 2.32. The molecule has 0 saturated heterocycles. The fourth-order valence-electron chi connectivity index (χ4n) is 2.15. The lowest BCUT2D eigenvalue weighted by Crippen LogP contribution is -2.11. The minimum absolute atomic E-state index is 0.0109. The van der Waals surface area contributed by atoms with E-state index in [0.717, 1.165) is 11.1 Å². The standard InChI is InChI=1S/C15H11ClN2O2/c16-10-3-1-2-8(6-10)9-4-5-11-12(7-9)20-14(13(11)17)15(18)19/h1-7H,17H2,(H2,18,19). The monoisotopic (exact) mass is 286 g/mol. The van der Waals surface area contributed by atoms with E-state index in [1.165, 1.54) is 0 Å². The first kappa shape index (κ1) is 12.6. The van der Waals surface area contributed by atoms with Crippen molar-refractivity contribution in [3.05, 3.63) is 53.2 Å². The third-order valence-corrected chi connectivity index (χ3v) is 3.35. The Morgan fingerprint density at radius 3 is 2.55 bits per heavy atom. The molecule has 0 spiro atoms. The number of halogens is 1. The normalized spacial score (nSPS) is 10.8. The first-order valence-corrected chi connectivity index (χ1v) is 6.32. The summed E-state index contributed by atoms with van der Waals surface area (Å²) in [6.45, 7) is 0. The molecule has 4 nitrogen and oxygen atoms in total. The summed E-state index contributed by atoms with van der Waals surface area (Å²) in [5.41, 5.74) is 13.7. The van der Waals surface area contributed by atoms with E-state index in [9.17, 15) is 4.79 Å². The van der Waals surface area contributed by atoms with Gasteiger partial charge in [-0.1, -0.05) is 29.8 Å². The second-order valence-corrected chi connectivity index (χ2v) is 4.87. The number of amides is 1. The van der Waals surface area contributed by atoms with Crippen LogP contribution in [0.5, 0.6) is 0 Å². The molecule has 5 heteroatoms. The lowest BCUT2D eigenvalue weighted by molar-refractivity contribution is 0.0977. The van der Waals surface area contributed by atoms with Gasteiger partial charge in [-0.2, -0.15) is 0 Å². The molecule has 20 heavy (non-hydrogen) atoms. The highest BCUT2D eigenvalue weighted by atomic mass is 35.5. The van der Waals surface area contributed by atoms with Crippen molar-refractivity contribution in [3.63, 3.8) is 0 Å². The molecule has 0 saturated carbocycles. The SMILES string of the molecule is NC(=O)c1oc2cc(-c3cccc(Cl)c3)ccc2c1N. The van der Waals surface area contributed by atoms with Crippen molar-refractivity contribution in [1.29, 1.82) is 0 Å². The van der Waals surface area contributed by atoms with Crippen LogP contribution in [0.15, 0.2) is 46.9 Å². The number of furan rings is 1. The van der Waals surface area contributed by atoms with Crippen LogP contribution in [0.3, 0.4) is 0 Å². The second kappa shape index (κ2) is 4.58. The van der Waals surface area contributed by atoms with Gasteiger partial charge in [0, 0.05) is 10.4 Å². The van der Waals surface area contributed by atoms with Crippen LogP contribution in [-0.2, 0) is 0 Å². The summed E-state index contributed by atoms with van der Waals surface area (Å²) in [5.74, 6) is -0.689. The second-order valence-electron chi connectivity index (χ2n) is 4.43. The lowest BCUT2D eigenvalue weighted by atomic mass is 10.0. The van der Waals surface area contributed by atoms with Gasteiger partial charge >= 0.3 is 0 Å². The zero-order chi connectivity index (χ0) is 14.3. The summed E-state index contributed by atoms with van der Waals surface area (Å²) < 4.78 is 5.42. The van der Waals surface area contributed by atoms with Gasteiger partial charge in [0.05, 0.1) is 5.69 Å². The third-order valence-electron chi connectivity index (χ3n) is 3.11. The van der Waals surface area contributed by atoms with E-state index in [1.807, 2.05) is 30.3 Å². The van der Waals surface area contributed by atoms with Crippen LogP contribution in [-0.4, -0.2) is 5.91 Å². The van der Waals surface area contributed by atoms with Gasteiger partial charge in [0.25, 0.3) is 5.91 Å². The number of hydrogen-bond acceptors (Lipinski definition) is 3. The molecule has 2 aromatic carbocycles. The van der Waals surface area contributed by atoms with Crippen molar-refractivity contribution < 1.29 is 9.21 Å². The van der Waals surface area contributed by atoms with Gasteiger partial charge in [-0.3, -0.25) is 4.79 Å². The van der Waals surface area contributed by atoms with Crippen LogP contribution in [0.4, 0.5) is 5.69 Å². The Morgan fingerprint density at radius 1 is 1.10 bits per heavy atom. The summed E-state index contributed by atoms with van der Waals surface area (Å²) in [6, 6.07) is 13.0. The molecule has 4 N–H and O–H groups in total. The first-order valence-electron chi connectivity index (χ1n) is 5.94. The Kier molecular flexibility index (Phi) is 2.88. The zero-order valence-corrected chi connectivity index (χ0v) is 11.1. The Bertz CT molecular complexity index is 824. The predicted octanol–water partition coefficient (Wildman–Crippen LogP) is 3.43. The molecular weight excluding hydrogens is 276 g/mol. The van der Waals surface area contributed by atoms with E-state index in [0.29, 0.717) is 16.0 Å². The average Bonchev–Trinajstić information content (AvgIpc) is 2.76. The van der Waals surface area contributed by atoms with Crippen LogP contribution in [0.2, 0.25) is 5.02 Å². The quantitative estimate of drug-likeness (QED) is 0.757. The van der Waals surface area contributed by atoms with E-state index < -0.39 is 5.91 Å². The number of anilines is 1. The van der Waals surface area contributed by atoms with Crippen molar-refractivity contribution in [3.8, 4) is 11.1 Å².